The molecule has 0 unspecified atom stereocenters. The summed E-state index contributed by atoms with van der Waals surface area (Å²) < 4.78 is 44.2. The van der Waals surface area contributed by atoms with Gasteiger partial charge in [-0.15, -0.1) is 0 Å². The van der Waals surface area contributed by atoms with Crippen LogP contribution in [0.25, 0.3) is 0 Å². The van der Waals surface area contributed by atoms with Crippen molar-refractivity contribution in [1.29, 1.82) is 0 Å². The molecular formula is C32H34ClF3N4O4. The van der Waals surface area contributed by atoms with Gasteiger partial charge in [-0.1, -0.05) is 43.0 Å². The van der Waals surface area contributed by atoms with Crippen LogP contribution < -0.4 is 0 Å². The molecule has 4 rings (SSSR count). The molecule has 2 saturated heterocycles. The van der Waals surface area contributed by atoms with Gasteiger partial charge in [0.2, 0.25) is 5.91 Å². The third-order valence-corrected chi connectivity index (χ3v) is 8.26. The second-order valence-electron chi connectivity index (χ2n) is 10.6. The predicted molar refractivity (Wildman–Crippen MR) is 160 cm³/mol. The summed E-state index contributed by atoms with van der Waals surface area (Å²) in [6.07, 6.45) is 0.769. The normalized spacial score (nSPS) is 19.4. The summed E-state index contributed by atoms with van der Waals surface area (Å²) in [5.41, 5.74) is -0.0792. The minimum atomic E-state index is -4.54. The smallest absolute Gasteiger partial charge is 0.410 e. The first-order chi connectivity index (χ1) is 21.0. The maximum absolute atomic E-state index is 13.8. The van der Waals surface area contributed by atoms with Gasteiger partial charge in [-0.25, -0.2) is 4.79 Å². The van der Waals surface area contributed by atoms with Crippen LogP contribution in [0.4, 0.5) is 18.0 Å². The Kier molecular flexibility index (Phi) is 10.5. The molecule has 0 aliphatic carbocycles. The number of likely N-dealkylation sites (tertiary alicyclic amines) is 2. The monoisotopic (exact) mass is 630 g/mol. The Hall–Kier alpha value is -4.12. The number of likely N-dealkylation sites (N-methyl/N-ethyl adjacent to an activating group) is 1. The SMILES string of the molecule is C=C/C=C(\C=C)OC(=O)N(CC)[C@@H]1CN(C(=O)C2CCN(C(=O)c3ccc(C(F)(F)F)cn3)CC2)C[C@H]1c1ccc(Cl)cc1. The summed E-state index contributed by atoms with van der Waals surface area (Å²) in [6.45, 7) is 10.7. The molecule has 2 fully saturated rings. The lowest BCUT2D eigenvalue weighted by atomic mass is 9.93. The number of ether oxygens (including phenoxy) is 1. The largest absolute Gasteiger partial charge is 0.417 e. The Balaban J connectivity index is 1.46. The van der Waals surface area contributed by atoms with E-state index in [0.717, 1.165) is 17.7 Å². The van der Waals surface area contributed by atoms with E-state index < -0.39 is 23.7 Å². The molecule has 0 N–H and O–H groups in total. The molecule has 2 aromatic rings. The molecule has 3 amide bonds. The van der Waals surface area contributed by atoms with Gasteiger partial charge >= 0.3 is 12.3 Å². The van der Waals surface area contributed by atoms with Gasteiger partial charge < -0.3 is 19.4 Å². The average molecular weight is 631 g/mol. The molecule has 2 aliphatic rings. The Bertz CT molecular complexity index is 1400. The maximum atomic E-state index is 13.8. The zero-order chi connectivity index (χ0) is 32.0. The van der Waals surface area contributed by atoms with Crippen molar-refractivity contribution in [3.63, 3.8) is 0 Å². The molecule has 234 valence electrons. The molecule has 0 saturated carbocycles. The number of amides is 3. The van der Waals surface area contributed by atoms with Crippen LogP contribution in [0.5, 0.6) is 0 Å². The second kappa shape index (κ2) is 14.1. The van der Waals surface area contributed by atoms with Crippen LogP contribution in [-0.2, 0) is 15.7 Å². The molecule has 0 spiro atoms. The average Bonchev–Trinajstić information content (AvgIpc) is 3.45. The molecule has 1 aromatic heterocycles. The Labute approximate surface area is 259 Å². The Morgan fingerprint density at radius 3 is 2.30 bits per heavy atom. The van der Waals surface area contributed by atoms with Crippen molar-refractivity contribution in [3.8, 4) is 0 Å². The van der Waals surface area contributed by atoms with Crippen molar-refractivity contribution in [2.75, 3.05) is 32.7 Å². The molecule has 2 atom stereocenters. The number of carbonyl (C=O) groups is 3. The van der Waals surface area contributed by atoms with Crippen molar-refractivity contribution in [2.45, 2.75) is 37.9 Å². The summed E-state index contributed by atoms with van der Waals surface area (Å²) in [7, 11) is 0. The van der Waals surface area contributed by atoms with Crippen LogP contribution in [0.3, 0.4) is 0 Å². The third-order valence-electron chi connectivity index (χ3n) is 8.00. The highest BCUT2D eigenvalue weighted by Crippen LogP contribution is 2.35. The van der Waals surface area contributed by atoms with Gasteiger partial charge in [0.25, 0.3) is 5.91 Å². The zero-order valence-corrected chi connectivity index (χ0v) is 25.1. The van der Waals surface area contributed by atoms with E-state index in [2.05, 4.69) is 18.1 Å². The predicted octanol–water partition coefficient (Wildman–Crippen LogP) is 6.32. The molecule has 0 radical (unpaired) electrons. The number of hydrogen-bond acceptors (Lipinski definition) is 5. The molecule has 3 heterocycles. The van der Waals surface area contributed by atoms with E-state index in [1.807, 2.05) is 19.1 Å². The van der Waals surface area contributed by atoms with Gasteiger partial charge in [0.15, 0.2) is 0 Å². The van der Waals surface area contributed by atoms with Crippen molar-refractivity contribution in [2.24, 2.45) is 5.92 Å². The summed E-state index contributed by atoms with van der Waals surface area (Å²) in [4.78, 5) is 48.5. The number of alkyl halides is 3. The molecule has 1 aromatic carbocycles. The van der Waals surface area contributed by atoms with Gasteiger partial charge in [0.1, 0.15) is 11.5 Å². The number of piperidine rings is 1. The van der Waals surface area contributed by atoms with E-state index in [-0.39, 0.29) is 54.9 Å². The number of nitrogens with zero attached hydrogens (tertiary/aromatic N) is 4. The van der Waals surface area contributed by atoms with Crippen LogP contribution in [0.2, 0.25) is 5.02 Å². The summed E-state index contributed by atoms with van der Waals surface area (Å²) >= 11 is 6.13. The number of hydrogen-bond donors (Lipinski definition) is 0. The number of allylic oxidation sites excluding steroid dienone is 3. The fraction of sp³-hybridized carbons (Fsp3) is 0.375. The van der Waals surface area contributed by atoms with Gasteiger partial charge in [0, 0.05) is 55.8 Å². The highest BCUT2D eigenvalue weighted by molar-refractivity contribution is 6.30. The van der Waals surface area contributed by atoms with Gasteiger partial charge in [-0.3, -0.25) is 14.6 Å². The highest BCUT2D eigenvalue weighted by atomic mass is 35.5. The van der Waals surface area contributed by atoms with Crippen molar-refractivity contribution >= 4 is 29.5 Å². The summed E-state index contributed by atoms with van der Waals surface area (Å²) in [5.74, 6) is -0.852. The highest BCUT2D eigenvalue weighted by Gasteiger charge is 2.43. The minimum Gasteiger partial charge on any atom is -0.410 e. The van der Waals surface area contributed by atoms with E-state index >= 15 is 0 Å². The third kappa shape index (κ3) is 7.50. The Morgan fingerprint density at radius 2 is 1.75 bits per heavy atom. The minimum absolute atomic E-state index is 0.0750. The van der Waals surface area contributed by atoms with Gasteiger partial charge in [-0.2, -0.15) is 13.2 Å². The van der Waals surface area contributed by atoms with E-state index in [4.69, 9.17) is 16.3 Å². The van der Waals surface area contributed by atoms with Gasteiger partial charge in [-0.05, 0) is 61.7 Å². The van der Waals surface area contributed by atoms with Crippen LogP contribution in [0.15, 0.2) is 79.7 Å². The Morgan fingerprint density at radius 1 is 1.07 bits per heavy atom. The number of halogens is 4. The first-order valence-electron chi connectivity index (χ1n) is 14.3. The quantitative estimate of drug-likeness (QED) is 0.252. The zero-order valence-electron chi connectivity index (χ0n) is 24.3. The van der Waals surface area contributed by atoms with Crippen LogP contribution in [0.1, 0.15) is 47.3 Å². The maximum Gasteiger partial charge on any atom is 0.417 e. The van der Waals surface area contributed by atoms with Crippen molar-refractivity contribution < 1.29 is 32.3 Å². The van der Waals surface area contributed by atoms with E-state index in [9.17, 15) is 27.6 Å². The number of rotatable bonds is 8. The van der Waals surface area contributed by atoms with Crippen LogP contribution in [-0.4, -0.2) is 76.4 Å². The lowest BCUT2D eigenvalue weighted by Gasteiger charge is -2.33. The summed E-state index contributed by atoms with van der Waals surface area (Å²) in [6, 6.07) is 8.85. The number of aromatic nitrogens is 1. The lowest BCUT2D eigenvalue weighted by molar-refractivity contribution is -0.138. The molecule has 12 heteroatoms. The molecule has 44 heavy (non-hydrogen) atoms. The van der Waals surface area contributed by atoms with E-state index in [0.29, 0.717) is 37.2 Å². The van der Waals surface area contributed by atoms with Crippen molar-refractivity contribution in [1.82, 2.24) is 19.7 Å². The molecule has 8 nitrogen and oxygen atoms in total. The topological polar surface area (TPSA) is 83.0 Å². The van der Waals surface area contributed by atoms with Gasteiger partial charge in [0.05, 0.1) is 11.6 Å². The fourth-order valence-electron chi connectivity index (χ4n) is 5.68. The van der Waals surface area contributed by atoms with E-state index in [1.165, 1.54) is 23.1 Å². The van der Waals surface area contributed by atoms with Crippen LogP contribution in [0, 0.1) is 5.92 Å². The molecule has 0 bridgehead atoms. The van der Waals surface area contributed by atoms with E-state index in [1.54, 1.807) is 21.9 Å². The number of carbonyl (C=O) groups excluding carboxylic acids is 3. The second-order valence-corrected chi connectivity index (χ2v) is 11.1. The first kappa shape index (κ1) is 32.8. The number of benzene rings is 1. The lowest BCUT2D eigenvalue weighted by Crippen LogP contribution is -2.46. The summed E-state index contributed by atoms with van der Waals surface area (Å²) in [5, 5.41) is 0.570. The molecular weight excluding hydrogens is 597 g/mol. The molecule has 2 aliphatic heterocycles. The fourth-order valence-corrected chi connectivity index (χ4v) is 5.80. The van der Waals surface area contributed by atoms with Crippen molar-refractivity contribution in [3.05, 3.63) is 102 Å². The number of pyridine rings is 1. The standard InChI is InChI=1S/C32H34ClF3N4O4/c1-4-7-25(5-2)44-31(43)40(6-3)28-20-39(19-26(28)21-8-11-24(33)12-9-21)29(41)22-14-16-38(17-15-22)30(42)27-13-10-23(18-37-27)32(34,35)36/h4-5,7-13,18,22,26,28H,1-2,6,14-17,19-20H2,3H3/b25-7+/t26-,28+/m0/s1. The first-order valence-corrected chi connectivity index (χ1v) is 14.6. The van der Waals surface area contributed by atoms with Crippen LogP contribution >= 0.6 is 11.6 Å².